The van der Waals surface area contributed by atoms with Gasteiger partial charge in [-0.25, -0.2) is 0 Å². The third-order valence-electron chi connectivity index (χ3n) is 4.10. The molecule has 0 fully saturated rings. The first-order chi connectivity index (χ1) is 9.60. The first kappa shape index (κ1) is 14.5. The minimum Gasteiger partial charge on any atom is -0.351 e. The number of hydrogen-bond donors (Lipinski definition) is 2. The SMILES string of the molecule is CCC(C)(CN)C(=O)NCc1cccc2ccccc12. The fourth-order valence-corrected chi connectivity index (χ4v) is 2.23. The van der Waals surface area contributed by atoms with Crippen molar-refractivity contribution in [2.75, 3.05) is 6.54 Å². The first-order valence-electron chi connectivity index (χ1n) is 7.06. The van der Waals surface area contributed by atoms with Crippen molar-refractivity contribution in [2.24, 2.45) is 11.1 Å². The molecule has 0 radical (unpaired) electrons. The maximum absolute atomic E-state index is 12.2. The van der Waals surface area contributed by atoms with Crippen molar-refractivity contribution in [3.05, 3.63) is 48.0 Å². The lowest BCUT2D eigenvalue weighted by Crippen LogP contribution is -2.43. The summed E-state index contributed by atoms with van der Waals surface area (Å²) in [7, 11) is 0. The van der Waals surface area contributed by atoms with Gasteiger partial charge in [0.2, 0.25) is 5.91 Å². The standard InChI is InChI=1S/C17H22N2O/c1-3-17(2,12-18)16(20)19-11-14-9-6-8-13-7-4-5-10-15(13)14/h4-10H,3,11-12,18H2,1-2H3,(H,19,20). The second-order valence-electron chi connectivity index (χ2n) is 5.44. The number of hydrogen-bond acceptors (Lipinski definition) is 2. The molecule has 3 heteroatoms. The monoisotopic (exact) mass is 270 g/mol. The molecule has 0 spiro atoms. The fraction of sp³-hybridized carbons (Fsp3) is 0.353. The van der Waals surface area contributed by atoms with Crippen LogP contribution in [0, 0.1) is 5.41 Å². The van der Waals surface area contributed by atoms with Gasteiger partial charge < -0.3 is 11.1 Å². The third-order valence-corrected chi connectivity index (χ3v) is 4.10. The number of nitrogens with one attached hydrogen (secondary N) is 1. The molecule has 2 aromatic carbocycles. The van der Waals surface area contributed by atoms with Gasteiger partial charge in [0.1, 0.15) is 0 Å². The lowest BCUT2D eigenvalue weighted by molar-refractivity contribution is -0.130. The van der Waals surface area contributed by atoms with E-state index in [4.69, 9.17) is 5.73 Å². The highest BCUT2D eigenvalue weighted by Gasteiger charge is 2.29. The molecule has 20 heavy (non-hydrogen) atoms. The van der Waals surface area contributed by atoms with E-state index < -0.39 is 5.41 Å². The zero-order valence-corrected chi connectivity index (χ0v) is 12.1. The topological polar surface area (TPSA) is 55.1 Å². The van der Waals surface area contributed by atoms with Crippen LogP contribution in [0.5, 0.6) is 0 Å². The van der Waals surface area contributed by atoms with Crippen molar-refractivity contribution >= 4 is 16.7 Å². The van der Waals surface area contributed by atoms with Crippen molar-refractivity contribution in [2.45, 2.75) is 26.8 Å². The summed E-state index contributed by atoms with van der Waals surface area (Å²) in [6, 6.07) is 14.4. The minimum atomic E-state index is -0.482. The van der Waals surface area contributed by atoms with E-state index in [1.807, 2.05) is 38.1 Å². The Morgan fingerprint density at radius 2 is 1.90 bits per heavy atom. The summed E-state index contributed by atoms with van der Waals surface area (Å²) < 4.78 is 0. The summed E-state index contributed by atoms with van der Waals surface area (Å²) >= 11 is 0. The Morgan fingerprint density at radius 1 is 1.20 bits per heavy atom. The van der Waals surface area contributed by atoms with E-state index in [9.17, 15) is 4.79 Å². The van der Waals surface area contributed by atoms with E-state index in [2.05, 4.69) is 23.5 Å². The maximum Gasteiger partial charge on any atom is 0.227 e. The predicted molar refractivity (Wildman–Crippen MR) is 83.2 cm³/mol. The summed E-state index contributed by atoms with van der Waals surface area (Å²) in [5.74, 6) is 0.0236. The molecular formula is C17H22N2O. The average molecular weight is 270 g/mol. The molecule has 0 bridgehead atoms. The van der Waals surface area contributed by atoms with Gasteiger partial charge in [-0.1, -0.05) is 49.4 Å². The van der Waals surface area contributed by atoms with Crippen molar-refractivity contribution in [3.8, 4) is 0 Å². The summed E-state index contributed by atoms with van der Waals surface area (Å²) in [4.78, 5) is 12.2. The highest BCUT2D eigenvalue weighted by atomic mass is 16.2. The lowest BCUT2D eigenvalue weighted by Gasteiger charge is -2.25. The molecule has 0 heterocycles. The number of nitrogens with two attached hydrogens (primary N) is 1. The van der Waals surface area contributed by atoms with Crippen LogP contribution in [0.3, 0.4) is 0 Å². The Bertz CT molecular complexity index is 597. The van der Waals surface area contributed by atoms with Gasteiger partial charge in [-0.3, -0.25) is 4.79 Å². The van der Waals surface area contributed by atoms with Crippen molar-refractivity contribution in [1.82, 2.24) is 5.32 Å². The van der Waals surface area contributed by atoms with Crippen molar-refractivity contribution < 1.29 is 4.79 Å². The number of rotatable bonds is 5. The fourth-order valence-electron chi connectivity index (χ4n) is 2.23. The van der Waals surface area contributed by atoms with Crippen LogP contribution in [-0.2, 0) is 11.3 Å². The number of fused-ring (bicyclic) bond motifs is 1. The van der Waals surface area contributed by atoms with Gasteiger partial charge in [0, 0.05) is 13.1 Å². The summed E-state index contributed by atoms with van der Waals surface area (Å²) in [6.07, 6.45) is 0.741. The molecule has 2 rings (SSSR count). The van der Waals surface area contributed by atoms with E-state index in [1.165, 1.54) is 10.8 Å². The van der Waals surface area contributed by atoms with Gasteiger partial charge in [-0.15, -0.1) is 0 Å². The molecule has 3 N–H and O–H groups in total. The quantitative estimate of drug-likeness (QED) is 0.877. The van der Waals surface area contributed by atoms with E-state index in [-0.39, 0.29) is 5.91 Å². The average Bonchev–Trinajstić information content (AvgIpc) is 2.51. The summed E-state index contributed by atoms with van der Waals surface area (Å²) in [5, 5.41) is 5.39. The molecule has 1 unspecified atom stereocenters. The zero-order chi connectivity index (χ0) is 14.6. The van der Waals surface area contributed by atoms with Gasteiger partial charge in [0.05, 0.1) is 5.41 Å². The van der Waals surface area contributed by atoms with Gasteiger partial charge in [0.15, 0.2) is 0 Å². The molecule has 1 amide bonds. The van der Waals surface area contributed by atoms with Crippen LogP contribution in [0.2, 0.25) is 0 Å². The largest absolute Gasteiger partial charge is 0.351 e. The van der Waals surface area contributed by atoms with Crippen LogP contribution in [-0.4, -0.2) is 12.5 Å². The molecule has 106 valence electrons. The van der Waals surface area contributed by atoms with Crippen LogP contribution in [0.25, 0.3) is 10.8 Å². The second-order valence-corrected chi connectivity index (χ2v) is 5.44. The summed E-state index contributed by atoms with van der Waals surface area (Å²) in [6.45, 7) is 4.80. The molecule has 0 aliphatic carbocycles. The second kappa shape index (κ2) is 6.06. The number of carbonyl (C=O) groups is 1. The van der Waals surface area contributed by atoms with Crippen molar-refractivity contribution in [3.63, 3.8) is 0 Å². The van der Waals surface area contributed by atoms with E-state index >= 15 is 0 Å². The smallest absolute Gasteiger partial charge is 0.227 e. The molecule has 2 aromatic rings. The Labute approximate surface area is 120 Å². The maximum atomic E-state index is 12.2. The highest BCUT2D eigenvalue weighted by molar-refractivity contribution is 5.87. The Hall–Kier alpha value is -1.87. The third kappa shape index (κ3) is 2.83. The van der Waals surface area contributed by atoms with Crippen LogP contribution in [0.4, 0.5) is 0 Å². The zero-order valence-electron chi connectivity index (χ0n) is 12.1. The molecule has 0 saturated carbocycles. The number of carbonyl (C=O) groups excluding carboxylic acids is 1. The molecule has 0 aliphatic rings. The van der Waals surface area contributed by atoms with E-state index in [1.54, 1.807) is 0 Å². The molecule has 3 nitrogen and oxygen atoms in total. The minimum absolute atomic E-state index is 0.0236. The molecular weight excluding hydrogens is 248 g/mol. The van der Waals surface area contributed by atoms with E-state index in [0.29, 0.717) is 13.1 Å². The summed E-state index contributed by atoms with van der Waals surface area (Å²) in [5.41, 5.74) is 6.37. The molecule has 1 atom stereocenters. The molecule has 0 aromatic heterocycles. The van der Waals surface area contributed by atoms with E-state index in [0.717, 1.165) is 12.0 Å². The van der Waals surface area contributed by atoms with Crippen molar-refractivity contribution in [1.29, 1.82) is 0 Å². The van der Waals surface area contributed by atoms with Crippen LogP contribution < -0.4 is 11.1 Å². The Balaban J connectivity index is 2.16. The highest BCUT2D eigenvalue weighted by Crippen LogP contribution is 2.21. The van der Waals surface area contributed by atoms with Gasteiger partial charge >= 0.3 is 0 Å². The van der Waals surface area contributed by atoms with Gasteiger partial charge in [-0.2, -0.15) is 0 Å². The van der Waals surface area contributed by atoms with Crippen LogP contribution in [0.1, 0.15) is 25.8 Å². The molecule has 0 saturated heterocycles. The number of amides is 1. The van der Waals surface area contributed by atoms with Gasteiger partial charge in [-0.05, 0) is 29.7 Å². The predicted octanol–water partition coefficient (Wildman–Crippen LogP) is 2.83. The normalized spacial score (nSPS) is 13.9. The lowest BCUT2D eigenvalue weighted by atomic mass is 9.86. The Kier molecular flexibility index (Phi) is 4.40. The molecule has 0 aliphatic heterocycles. The van der Waals surface area contributed by atoms with Gasteiger partial charge in [0.25, 0.3) is 0 Å². The number of benzene rings is 2. The van der Waals surface area contributed by atoms with Crippen LogP contribution in [0.15, 0.2) is 42.5 Å². The Morgan fingerprint density at radius 3 is 2.60 bits per heavy atom. The van der Waals surface area contributed by atoms with Crippen LogP contribution >= 0.6 is 0 Å². The first-order valence-corrected chi connectivity index (χ1v) is 7.06.